The molecule has 5 heteroatoms. The third-order valence-electron chi connectivity index (χ3n) is 1.95. The maximum atomic E-state index is 10.8. The third-order valence-corrected chi connectivity index (χ3v) is 3.15. The average Bonchev–Trinajstić information content (AvgIpc) is 2.05. The van der Waals surface area contributed by atoms with Crippen LogP contribution in [0.4, 0.5) is 0 Å². The van der Waals surface area contributed by atoms with Crippen LogP contribution in [0, 0.1) is 5.92 Å². The monoisotopic (exact) mass is 248 g/mol. The molecule has 1 aromatic carbocycles. The quantitative estimate of drug-likeness (QED) is 0.837. The summed E-state index contributed by atoms with van der Waals surface area (Å²) in [5, 5.41) is 0.374. The molecule has 1 aromatic rings. The molecule has 0 aliphatic heterocycles. The standard InChI is InChI=1S/C10H13ClO3S/c1-7(2)5-8-3-4-9(6-10(8)11)15(12,13)14/h3-4,6-7H,5H2,1-2H3,(H,12,13,14). The van der Waals surface area contributed by atoms with Crippen molar-refractivity contribution in [3.8, 4) is 0 Å². The van der Waals surface area contributed by atoms with Crippen molar-refractivity contribution < 1.29 is 13.0 Å². The van der Waals surface area contributed by atoms with Crippen LogP contribution in [0.3, 0.4) is 0 Å². The second-order valence-corrected chi connectivity index (χ2v) is 5.65. The fourth-order valence-electron chi connectivity index (χ4n) is 1.29. The van der Waals surface area contributed by atoms with Gasteiger partial charge in [0.1, 0.15) is 0 Å². The maximum Gasteiger partial charge on any atom is 0.294 e. The Hall–Kier alpha value is -0.580. The Morgan fingerprint density at radius 1 is 1.40 bits per heavy atom. The van der Waals surface area contributed by atoms with E-state index in [-0.39, 0.29) is 4.90 Å². The van der Waals surface area contributed by atoms with E-state index >= 15 is 0 Å². The molecule has 0 aromatic heterocycles. The van der Waals surface area contributed by atoms with Crippen LogP contribution in [0.15, 0.2) is 23.1 Å². The Bertz CT molecular complexity index is 452. The molecule has 1 N–H and O–H groups in total. The van der Waals surface area contributed by atoms with Crippen molar-refractivity contribution in [2.45, 2.75) is 25.2 Å². The lowest BCUT2D eigenvalue weighted by Crippen LogP contribution is -2.00. The van der Waals surface area contributed by atoms with E-state index in [9.17, 15) is 8.42 Å². The minimum Gasteiger partial charge on any atom is -0.282 e. The Labute approximate surface area is 94.8 Å². The molecular weight excluding hydrogens is 236 g/mol. The van der Waals surface area contributed by atoms with Gasteiger partial charge in [-0.05, 0) is 30.0 Å². The molecule has 0 bridgehead atoms. The van der Waals surface area contributed by atoms with Crippen molar-refractivity contribution in [2.24, 2.45) is 5.92 Å². The van der Waals surface area contributed by atoms with Crippen LogP contribution < -0.4 is 0 Å². The van der Waals surface area contributed by atoms with Gasteiger partial charge >= 0.3 is 0 Å². The Balaban J connectivity index is 3.09. The summed E-state index contributed by atoms with van der Waals surface area (Å²) in [6, 6.07) is 4.26. The molecule has 0 amide bonds. The molecule has 1 rings (SSSR count). The van der Waals surface area contributed by atoms with Gasteiger partial charge in [-0.1, -0.05) is 31.5 Å². The van der Waals surface area contributed by atoms with Gasteiger partial charge in [0.15, 0.2) is 0 Å². The van der Waals surface area contributed by atoms with Crippen LogP contribution >= 0.6 is 11.6 Å². The van der Waals surface area contributed by atoms with E-state index in [1.54, 1.807) is 6.07 Å². The van der Waals surface area contributed by atoms with Gasteiger partial charge in [-0.25, -0.2) is 0 Å². The van der Waals surface area contributed by atoms with E-state index in [0.717, 1.165) is 12.0 Å². The number of hydrogen-bond acceptors (Lipinski definition) is 2. The highest BCUT2D eigenvalue weighted by molar-refractivity contribution is 7.85. The molecule has 3 nitrogen and oxygen atoms in total. The van der Waals surface area contributed by atoms with Crippen molar-refractivity contribution in [2.75, 3.05) is 0 Å². The smallest absolute Gasteiger partial charge is 0.282 e. The van der Waals surface area contributed by atoms with Gasteiger partial charge in [0, 0.05) is 5.02 Å². The molecule has 0 atom stereocenters. The van der Waals surface area contributed by atoms with E-state index < -0.39 is 10.1 Å². The molecule has 0 saturated carbocycles. The molecule has 0 spiro atoms. The lowest BCUT2D eigenvalue weighted by atomic mass is 10.0. The largest absolute Gasteiger partial charge is 0.294 e. The molecule has 0 radical (unpaired) electrons. The first kappa shape index (κ1) is 12.5. The summed E-state index contributed by atoms with van der Waals surface area (Å²) in [6.07, 6.45) is 0.782. The zero-order valence-corrected chi connectivity index (χ0v) is 10.1. The maximum absolute atomic E-state index is 10.8. The van der Waals surface area contributed by atoms with Gasteiger partial charge in [0.05, 0.1) is 4.90 Å². The molecule has 84 valence electrons. The van der Waals surface area contributed by atoms with Gasteiger partial charge in [0.25, 0.3) is 10.1 Å². The molecule has 0 unspecified atom stereocenters. The first-order valence-electron chi connectivity index (χ1n) is 4.56. The zero-order chi connectivity index (χ0) is 11.6. The SMILES string of the molecule is CC(C)Cc1ccc(S(=O)(=O)O)cc1Cl. The molecule has 0 heterocycles. The lowest BCUT2D eigenvalue weighted by molar-refractivity contribution is 0.483. The summed E-state index contributed by atoms with van der Waals surface area (Å²) in [5.74, 6) is 0.444. The van der Waals surface area contributed by atoms with E-state index in [2.05, 4.69) is 0 Å². The van der Waals surface area contributed by atoms with Crippen LogP contribution in [0.5, 0.6) is 0 Å². The number of halogens is 1. The van der Waals surface area contributed by atoms with Gasteiger partial charge in [-0.3, -0.25) is 4.55 Å². The molecule has 15 heavy (non-hydrogen) atoms. The summed E-state index contributed by atoms with van der Waals surface area (Å²) in [5.41, 5.74) is 0.888. The molecule has 0 fully saturated rings. The van der Waals surface area contributed by atoms with Gasteiger partial charge in [-0.15, -0.1) is 0 Å². The van der Waals surface area contributed by atoms with Gasteiger partial charge in [0.2, 0.25) is 0 Å². The molecule has 0 aliphatic carbocycles. The fourth-order valence-corrected chi connectivity index (χ4v) is 2.12. The van der Waals surface area contributed by atoms with E-state index in [1.807, 2.05) is 13.8 Å². The van der Waals surface area contributed by atoms with Crippen LogP contribution in [0.1, 0.15) is 19.4 Å². The lowest BCUT2D eigenvalue weighted by Gasteiger charge is -2.07. The Kier molecular flexibility index (Phi) is 3.76. The van der Waals surface area contributed by atoms with Crippen molar-refractivity contribution >= 4 is 21.7 Å². The number of rotatable bonds is 3. The second-order valence-electron chi connectivity index (χ2n) is 3.83. The predicted molar refractivity (Wildman–Crippen MR) is 59.8 cm³/mol. The fraction of sp³-hybridized carbons (Fsp3) is 0.400. The third kappa shape index (κ3) is 3.48. The topological polar surface area (TPSA) is 54.4 Å². The van der Waals surface area contributed by atoms with E-state index in [0.29, 0.717) is 10.9 Å². The van der Waals surface area contributed by atoms with Crippen LogP contribution in [-0.2, 0) is 16.5 Å². The number of hydrogen-bond donors (Lipinski definition) is 1. The number of benzene rings is 1. The molecular formula is C10H13ClO3S. The Morgan fingerprint density at radius 2 is 2.00 bits per heavy atom. The van der Waals surface area contributed by atoms with Crippen molar-refractivity contribution in [1.29, 1.82) is 0 Å². The average molecular weight is 249 g/mol. The van der Waals surface area contributed by atoms with Crippen molar-refractivity contribution in [3.05, 3.63) is 28.8 Å². The first-order valence-corrected chi connectivity index (χ1v) is 6.38. The van der Waals surface area contributed by atoms with Crippen LogP contribution in [-0.4, -0.2) is 13.0 Å². The molecule has 0 saturated heterocycles. The normalized spacial score (nSPS) is 12.1. The highest BCUT2D eigenvalue weighted by atomic mass is 35.5. The summed E-state index contributed by atoms with van der Waals surface area (Å²) in [4.78, 5) is -0.167. The van der Waals surface area contributed by atoms with Gasteiger partial charge < -0.3 is 0 Å². The van der Waals surface area contributed by atoms with Crippen molar-refractivity contribution in [3.63, 3.8) is 0 Å². The van der Waals surface area contributed by atoms with Crippen LogP contribution in [0.2, 0.25) is 5.02 Å². The summed E-state index contributed by atoms with van der Waals surface area (Å²) in [7, 11) is -4.15. The minimum atomic E-state index is -4.15. The van der Waals surface area contributed by atoms with E-state index in [4.69, 9.17) is 16.2 Å². The highest BCUT2D eigenvalue weighted by Gasteiger charge is 2.12. The highest BCUT2D eigenvalue weighted by Crippen LogP contribution is 2.22. The summed E-state index contributed by atoms with van der Waals surface area (Å²) < 4.78 is 30.4. The summed E-state index contributed by atoms with van der Waals surface area (Å²) >= 11 is 5.90. The zero-order valence-electron chi connectivity index (χ0n) is 8.57. The summed E-state index contributed by atoms with van der Waals surface area (Å²) in [6.45, 7) is 4.10. The van der Waals surface area contributed by atoms with Gasteiger partial charge in [-0.2, -0.15) is 8.42 Å². The first-order chi connectivity index (χ1) is 6.80. The van der Waals surface area contributed by atoms with Crippen LogP contribution in [0.25, 0.3) is 0 Å². The molecule has 0 aliphatic rings. The van der Waals surface area contributed by atoms with E-state index in [1.165, 1.54) is 12.1 Å². The predicted octanol–water partition coefficient (Wildman–Crippen LogP) is 2.79. The minimum absolute atomic E-state index is 0.167. The Morgan fingerprint density at radius 3 is 2.40 bits per heavy atom. The second kappa shape index (κ2) is 4.51. The van der Waals surface area contributed by atoms with Crippen molar-refractivity contribution in [1.82, 2.24) is 0 Å².